The number of aryl methyl sites for hydroxylation is 1. The zero-order valence-corrected chi connectivity index (χ0v) is 18.7. The molecule has 2 N–H and O–H groups in total. The van der Waals surface area contributed by atoms with E-state index in [0.29, 0.717) is 21.7 Å². The maximum absolute atomic E-state index is 12.4. The molecular formula is C19H20ClN5O3S2. The molecule has 158 valence electrons. The smallest absolute Gasteiger partial charge is 0.240 e. The van der Waals surface area contributed by atoms with Gasteiger partial charge in [-0.05, 0) is 43.3 Å². The van der Waals surface area contributed by atoms with Crippen molar-refractivity contribution in [2.75, 3.05) is 11.1 Å². The van der Waals surface area contributed by atoms with Crippen molar-refractivity contribution in [3.05, 3.63) is 64.9 Å². The number of sulfonamides is 1. The lowest BCUT2D eigenvalue weighted by molar-refractivity contribution is -0.113. The van der Waals surface area contributed by atoms with Gasteiger partial charge in [0.1, 0.15) is 5.82 Å². The van der Waals surface area contributed by atoms with Gasteiger partial charge < -0.3 is 9.88 Å². The third-order valence-corrected chi connectivity index (χ3v) is 6.83. The zero-order valence-electron chi connectivity index (χ0n) is 16.3. The monoisotopic (exact) mass is 465 g/mol. The molecule has 1 amide bonds. The Labute approximate surface area is 184 Å². The van der Waals surface area contributed by atoms with Crippen molar-refractivity contribution in [1.82, 2.24) is 19.5 Å². The number of thioether (sulfide) groups is 1. The van der Waals surface area contributed by atoms with Crippen LogP contribution in [0.5, 0.6) is 0 Å². The molecule has 0 aliphatic carbocycles. The molecule has 0 aliphatic heterocycles. The third-order valence-electron chi connectivity index (χ3n) is 4.14. The maximum Gasteiger partial charge on any atom is 0.240 e. The first-order valence-electron chi connectivity index (χ1n) is 8.87. The minimum atomic E-state index is -3.66. The molecule has 0 radical (unpaired) electrons. The van der Waals surface area contributed by atoms with E-state index in [1.165, 1.54) is 11.8 Å². The highest BCUT2D eigenvalue weighted by Crippen LogP contribution is 2.18. The van der Waals surface area contributed by atoms with Gasteiger partial charge in [0, 0.05) is 17.8 Å². The van der Waals surface area contributed by atoms with Gasteiger partial charge in [0.15, 0.2) is 5.16 Å². The molecule has 30 heavy (non-hydrogen) atoms. The van der Waals surface area contributed by atoms with Crippen LogP contribution in [0.25, 0.3) is 0 Å². The molecule has 0 saturated carbocycles. The Morgan fingerprint density at radius 1 is 1.10 bits per heavy atom. The lowest BCUT2D eigenvalue weighted by Crippen LogP contribution is -2.24. The van der Waals surface area contributed by atoms with Crippen LogP contribution in [0.2, 0.25) is 5.02 Å². The van der Waals surface area contributed by atoms with Crippen molar-refractivity contribution in [2.24, 2.45) is 7.05 Å². The van der Waals surface area contributed by atoms with Gasteiger partial charge in [0.05, 0.1) is 17.2 Å². The second-order valence-electron chi connectivity index (χ2n) is 6.44. The van der Waals surface area contributed by atoms with Crippen LogP contribution in [-0.4, -0.2) is 34.8 Å². The molecular weight excluding hydrogens is 446 g/mol. The van der Waals surface area contributed by atoms with Crippen molar-refractivity contribution < 1.29 is 13.2 Å². The summed E-state index contributed by atoms with van der Waals surface area (Å²) in [5, 5.41) is 11.9. The minimum absolute atomic E-state index is 0.0166. The van der Waals surface area contributed by atoms with Gasteiger partial charge in [-0.25, -0.2) is 13.1 Å². The number of amides is 1. The van der Waals surface area contributed by atoms with E-state index < -0.39 is 10.0 Å². The highest BCUT2D eigenvalue weighted by molar-refractivity contribution is 7.99. The highest BCUT2D eigenvalue weighted by Gasteiger charge is 2.17. The van der Waals surface area contributed by atoms with Gasteiger partial charge in [0.2, 0.25) is 15.9 Å². The second kappa shape index (κ2) is 9.61. The number of anilines is 1. The molecule has 11 heteroatoms. The quantitative estimate of drug-likeness (QED) is 0.495. The number of nitrogens with zero attached hydrogens (tertiary/aromatic N) is 3. The molecule has 0 fully saturated rings. The van der Waals surface area contributed by atoms with E-state index in [0.717, 1.165) is 5.56 Å². The van der Waals surface area contributed by atoms with Crippen molar-refractivity contribution in [3.8, 4) is 0 Å². The van der Waals surface area contributed by atoms with Gasteiger partial charge in [-0.1, -0.05) is 41.1 Å². The van der Waals surface area contributed by atoms with Crippen LogP contribution in [0.3, 0.4) is 0 Å². The van der Waals surface area contributed by atoms with Crippen molar-refractivity contribution in [1.29, 1.82) is 0 Å². The topological polar surface area (TPSA) is 106 Å². The lowest BCUT2D eigenvalue weighted by Gasteiger charge is -2.08. The molecule has 0 bridgehead atoms. The Morgan fingerprint density at radius 2 is 1.77 bits per heavy atom. The van der Waals surface area contributed by atoms with E-state index in [-0.39, 0.29) is 23.1 Å². The standard InChI is InChI=1S/C19H20ClN5O3S2/c1-13-3-9-16(10-4-13)30(27,28)21-11-17-23-24-19(25(17)2)29-12-18(26)22-15-7-5-14(20)6-8-15/h3-10,21H,11-12H2,1-2H3,(H,22,26). The molecule has 8 nitrogen and oxygen atoms in total. The van der Waals surface area contributed by atoms with E-state index in [1.54, 1.807) is 60.1 Å². The zero-order chi connectivity index (χ0) is 21.7. The number of hydrogen-bond acceptors (Lipinski definition) is 6. The summed E-state index contributed by atoms with van der Waals surface area (Å²) in [6.45, 7) is 1.87. The summed E-state index contributed by atoms with van der Waals surface area (Å²) in [7, 11) is -1.94. The Kier molecular flexibility index (Phi) is 7.14. The number of halogens is 1. The average Bonchev–Trinajstić information content (AvgIpc) is 3.06. The van der Waals surface area contributed by atoms with Crippen LogP contribution in [0.4, 0.5) is 5.69 Å². The lowest BCUT2D eigenvalue weighted by atomic mass is 10.2. The second-order valence-corrected chi connectivity index (χ2v) is 9.59. The third kappa shape index (κ3) is 5.82. The average molecular weight is 466 g/mol. The van der Waals surface area contributed by atoms with Crippen LogP contribution in [0.1, 0.15) is 11.4 Å². The fourth-order valence-electron chi connectivity index (χ4n) is 2.45. The number of benzene rings is 2. The Bertz CT molecular complexity index is 1130. The highest BCUT2D eigenvalue weighted by atomic mass is 35.5. The van der Waals surface area contributed by atoms with Gasteiger partial charge >= 0.3 is 0 Å². The largest absolute Gasteiger partial charge is 0.325 e. The van der Waals surface area contributed by atoms with E-state index in [9.17, 15) is 13.2 Å². The Balaban J connectivity index is 1.55. The van der Waals surface area contributed by atoms with Crippen molar-refractivity contribution in [3.63, 3.8) is 0 Å². The summed E-state index contributed by atoms with van der Waals surface area (Å²) >= 11 is 7.03. The number of nitrogens with one attached hydrogen (secondary N) is 2. The Hall–Kier alpha value is -2.40. The minimum Gasteiger partial charge on any atom is -0.325 e. The van der Waals surface area contributed by atoms with Crippen LogP contribution >= 0.6 is 23.4 Å². The van der Waals surface area contributed by atoms with Gasteiger partial charge in [-0.15, -0.1) is 10.2 Å². The van der Waals surface area contributed by atoms with Gasteiger partial charge in [-0.3, -0.25) is 4.79 Å². The number of carbonyl (C=O) groups excluding carboxylic acids is 1. The Morgan fingerprint density at radius 3 is 2.43 bits per heavy atom. The molecule has 2 aromatic carbocycles. The molecule has 0 atom stereocenters. The SMILES string of the molecule is Cc1ccc(S(=O)(=O)NCc2nnc(SCC(=O)Nc3ccc(Cl)cc3)n2C)cc1. The molecule has 1 heterocycles. The maximum atomic E-state index is 12.4. The summed E-state index contributed by atoms with van der Waals surface area (Å²) in [6.07, 6.45) is 0. The van der Waals surface area contributed by atoms with Crippen LogP contribution in [0, 0.1) is 6.92 Å². The fourth-order valence-corrected chi connectivity index (χ4v) is 4.28. The van der Waals surface area contributed by atoms with Crippen LogP contribution in [-0.2, 0) is 28.4 Å². The van der Waals surface area contributed by atoms with E-state index >= 15 is 0 Å². The summed E-state index contributed by atoms with van der Waals surface area (Å²) < 4.78 is 29.0. The van der Waals surface area contributed by atoms with E-state index in [2.05, 4.69) is 20.2 Å². The predicted molar refractivity (Wildman–Crippen MR) is 117 cm³/mol. The fraction of sp³-hybridized carbons (Fsp3) is 0.211. The summed E-state index contributed by atoms with van der Waals surface area (Å²) in [6, 6.07) is 13.4. The molecule has 0 aliphatic rings. The number of carbonyl (C=O) groups is 1. The summed E-state index contributed by atoms with van der Waals surface area (Å²) in [5.41, 5.74) is 1.62. The van der Waals surface area contributed by atoms with Crippen molar-refractivity contribution in [2.45, 2.75) is 23.5 Å². The normalized spacial score (nSPS) is 11.4. The summed E-state index contributed by atoms with van der Waals surface area (Å²) in [4.78, 5) is 12.3. The van der Waals surface area contributed by atoms with Crippen LogP contribution < -0.4 is 10.0 Å². The molecule has 3 aromatic rings. The summed E-state index contributed by atoms with van der Waals surface area (Å²) in [5.74, 6) is 0.363. The predicted octanol–water partition coefficient (Wildman–Crippen LogP) is 2.99. The van der Waals surface area contributed by atoms with E-state index in [4.69, 9.17) is 11.6 Å². The number of rotatable bonds is 8. The first-order chi connectivity index (χ1) is 14.2. The molecule has 0 spiro atoms. The van der Waals surface area contributed by atoms with Crippen molar-refractivity contribution >= 4 is 45.0 Å². The molecule has 3 rings (SSSR count). The first kappa shape index (κ1) is 22.3. The number of hydrogen-bond donors (Lipinski definition) is 2. The molecule has 1 aromatic heterocycles. The first-order valence-corrected chi connectivity index (χ1v) is 11.7. The number of aromatic nitrogens is 3. The van der Waals surface area contributed by atoms with Gasteiger partial charge in [0.25, 0.3) is 0 Å². The van der Waals surface area contributed by atoms with Gasteiger partial charge in [-0.2, -0.15) is 0 Å². The van der Waals surface area contributed by atoms with E-state index in [1.807, 2.05) is 6.92 Å². The molecule has 0 saturated heterocycles. The molecule has 0 unspecified atom stereocenters. The van der Waals surface area contributed by atoms with Crippen LogP contribution in [0.15, 0.2) is 58.6 Å².